The van der Waals surface area contributed by atoms with Gasteiger partial charge in [0.1, 0.15) is 5.60 Å². The van der Waals surface area contributed by atoms with E-state index < -0.39 is 23.4 Å². The summed E-state index contributed by atoms with van der Waals surface area (Å²) in [7, 11) is 0. The molecule has 0 saturated carbocycles. The van der Waals surface area contributed by atoms with Gasteiger partial charge in [0.05, 0.1) is 11.3 Å². The molecule has 24 heavy (non-hydrogen) atoms. The van der Waals surface area contributed by atoms with Crippen molar-refractivity contribution in [1.82, 2.24) is 5.32 Å². The molecule has 2 N–H and O–H groups in total. The minimum absolute atomic E-state index is 0.413. The first-order chi connectivity index (χ1) is 11.2. The number of ketones is 1. The van der Waals surface area contributed by atoms with Gasteiger partial charge in [-0.15, -0.1) is 0 Å². The zero-order chi connectivity index (χ0) is 17.9. The largest absolute Gasteiger partial charge is 0.444 e. The van der Waals surface area contributed by atoms with Crippen LogP contribution in [-0.2, 0) is 9.53 Å². The average molecular weight is 330 g/mol. The maximum atomic E-state index is 12.0. The zero-order valence-corrected chi connectivity index (χ0v) is 14.4. The molecular weight excluding hydrogens is 308 g/mol. The van der Waals surface area contributed by atoms with E-state index in [1.807, 2.05) is 25.1 Å². The van der Waals surface area contributed by atoms with Gasteiger partial charge >= 0.3 is 6.09 Å². The molecule has 0 saturated heterocycles. The standard InChI is InChI=1S/C18H22N2O4/c1-11-8-9-13-14(15(21)16(22)20-13)12(11)7-5-6-10-19-17(23)24-18(2,3)4/h5,7-9H,6,10H2,1-4H3,(H,19,23)(H,20,21,22). The normalized spacial score (nSPS) is 13.8. The smallest absolute Gasteiger partial charge is 0.407 e. The van der Waals surface area contributed by atoms with Gasteiger partial charge in [0, 0.05) is 6.54 Å². The second kappa shape index (κ2) is 6.86. The lowest BCUT2D eigenvalue weighted by atomic mass is 9.98. The van der Waals surface area contributed by atoms with Gasteiger partial charge < -0.3 is 15.4 Å². The summed E-state index contributed by atoms with van der Waals surface area (Å²) < 4.78 is 5.14. The third-order valence-corrected chi connectivity index (χ3v) is 3.41. The van der Waals surface area contributed by atoms with Gasteiger partial charge in [0.25, 0.3) is 11.7 Å². The molecule has 1 aromatic carbocycles. The molecule has 0 spiro atoms. The third-order valence-electron chi connectivity index (χ3n) is 3.41. The van der Waals surface area contributed by atoms with Crippen LogP contribution in [-0.4, -0.2) is 29.9 Å². The third kappa shape index (κ3) is 4.22. The van der Waals surface area contributed by atoms with Crippen LogP contribution in [0.1, 0.15) is 48.7 Å². The Balaban J connectivity index is 1.97. The number of anilines is 1. The van der Waals surface area contributed by atoms with Gasteiger partial charge in [-0.1, -0.05) is 18.2 Å². The molecule has 0 atom stereocenters. The van der Waals surface area contributed by atoms with Gasteiger partial charge in [-0.2, -0.15) is 0 Å². The molecule has 0 radical (unpaired) electrons. The van der Waals surface area contributed by atoms with Crippen molar-refractivity contribution in [3.63, 3.8) is 0 Å². The fraction of sp³-hybridized carbons (Fsp3) is 0.389. The number of ether oxygens (including phenoxy) is 1. The number of hydrogen-bond donors (Lipinski definition) is 2. The molecule has 2 rings (SSSR count). The van der Waals surface area contributed by atoms with Crippen molar-refractivity contribution >= 4 is 29.5 Å². The van der Waals surface area contributed by atoms with Crippen LogP contribution in [0.3, 0.4) is 0 Å². The molecule has 6 nitrogen and oxygen atoms in total. The maximum Gasteiger partial charge on any atom is 0.407 e. The summed E-state index contributed by atoms with van der Waals surface area (Å²) in [5.74, 6) is -1.11. The number of Topliss-reactive ketones (excluding diaryl/α,β-unsaturated/α-hetero) is 1. The first kappa shape index (κ1) is 17.7. The molecule has 0 aliphatic carbocycles. The Morgan fingerprint density at radius 2 is 2.00 bits per heavy atom. The second-order valence-electron chi connectivity index (χ2n) is 6.62. The Kier molecular flexibility index (Phi) is 5.07. The summed E-state index contributed by atoms with van der Waals surface area (Å²) in [6.07, 6.45) is 3.79. The molecule has 6 heteroatoms. The monoisotopic (exact) mass is 330 g/mol. The fourth-order valence-electron chi connectivity index (χ4n) is 2.35. The van der Waals surface area contributed by atoms with E-state index in [2.05, 4.69) is 10.6 Å². The summed E-state index contributed by atoms with van der Waals surface area (Å²) in [5, 5.41) is 5.22. The summed E-state index contributed by atoms with van der Waals surface area (Å²) in [5.41, 5.74) is 2.07. The highest BCUT2D eigenvalue weighted by Crippen LogP contribution is 2.29. The Hall–Kier alpha value is -2.63. The number of aryl methyl sites for hydroxylation is 1. The van der Waals surface area contributed by atoms with Crippen LogP contribution in [0, 0.1) is 6.92 Å². The van der Waals surface area contributed by atoms with E-state index in [-0.39, 0.29) is 0 Å². The molecular formula is C18H22N2O4. The molecule has 1 aromatic rings. The Morgan fingerprint density at radius 3 is 2.67 bits per heavy atom. The van der Waals surface area contributed by atoms with Crippen molar-refractivity contribution in [3.05, 3.63) is 34.9 Å². The average Bonchev–Trinajstić information content (AvgIpc) is 2.74. The van der Waals surface area contributed by atoms with Gasteiger partial charge in [0.2, 0.25) is 0 Å². The Labute approximate surface area is 141 Å². The summed E-state index contributed by atoms with van der Waals surface area (Å²) in [4.78, 5) is 35.0. The predicted octanol–water partition coefficient (Wildman–Crippen LogP) is 3.06. The van der Waals surface area contributed by atoms with Crippen LogP contribution in [0.25, 0.3) is 6.08 Å². The second-order valence-corrected chi connectivity index (χ2v) is 6.62. The molecule has 0 fully saturated rings. The van der Waals surface area contributed by atoms with Crippen molar-refractivity contribution in [2.24, 2.45) is 0 Å². The SMILES string of the molecule is Cc1ccc2c(c1C=CCCNC(=O)OC(C)(C)C)C(=O)C(=O)N2. The minimum atomic E-state index is -0.600. The van der Waals surface area contributed by atoms with Crippen LogP contribution in [0.15, 0.2) is 18.2 Å². The van der Waals surface area contributed by atoms with Crippen LogP contribution < -0.4 is 10.6 Å². The van der Waals surface area contributed by atoms with E-state index in [4.69, 9.17) is 4.74 Å². The minimum Gasteiger partial charge on any atom is -0.444 e. The van der Waals surface area contributed by atoms with E-state index in [1.54, 1.807) is 26.8 Å². The van der Waals surface area contributed by atoms with Crippen molar-refractivity contribution in [2.75, 3.05) is 11.9 Å². The molecule has 1 heterocycles. The van der Waals surface area contributed by atoms with Crippen molar-refractivity contribution in [1.29, 1.82) is 0 Å². The molecule has 0 aromatic heterocycles. The van der Waals surface area contributed by atoms with Crippen LogP contribution in [0.5, 0.6) is 0 Å². The number of fused-ring (bicyclic) bond motifs is 1. The molecule has 128 valence electrons. The number of nitrogens with one attached hydrogen (secondary N) is 2. The predicted molar refractivity (Wildman–Crippen MR) is 92.0 cm³/mol. The fourth-order valence-corrected chi connectivity index (χ4v) is 2.35. The van der Waals surface area contributed by atoms with Gasteiger partial charge in [-0.3, -0.25) is 9.59 Å². The number of carbonyl (C=O) groups is 3. The highest BCUT2D eigenvalue weighted by molar-refractivity contribution is 6.52. The lowest BCUT2D eigenvalue weighted by Gasteiger charge is -2.19. The van der Waals surface area contributed by atoms with Gasteiger partial charge in [0.15, 0.2) is 0 Å². The first-order valence-electron chi connectivity index (χ1n) is 7.82. The quantitative estimate of drug-likeness (QED) is 0.656. The highest BCUT2D eigenvalue weighted by atomic mass is 16.6. The summed E-state index contributed by atoms with van der Waals surface area (Å²) >= 11 is 0. The summed E-state index contributed by atoms with van der Waals surface area (Å²) in [6.45, 7) is 7.71. The molecule has 0 bridgehead atoms. The number of alkyl carbamates (subject to hydrolysis) is 1. The zero-order valence-electron chi connectivity index (χ0n) is 14.4. The maximum absolute atomic E-state index is 12.0. The highest BCUT2D eigenvalue weighted by Gasteiger charge is 2.30. The van der Waals surface area contributed by atoms with Crippen molar-refractivity contribution in [2.45, 2.75) is 39.7 Å². The summed E-state index contributed by atoms with van der Waals surface area (Å²) in [6, 6.07) is 3.59. The van der Waals surface area contributed by atoms with Crippen molar-refractivity contribution in [3.8, 4) is 0 Å². The molecule has 0 unspecified atom stereocenters. The Morgan fingerprint density at radius 1 is 1.29 bits per heavy atom. The first-order valence-corrected chi connectivity index (χ1v) is 7.82. The van der Waals surface area contributed by atoms with E-state index in [1.165, 1.54) is 0 Å². The van der Waals surface area contributed by atoms with Gasteiger partial charge in [-0.05, 0) is 51.3 Å². The molecule has 1 aliphatic rings. The number of hydrogen-bond acceptors (Lipinski definition) is 4. The molecule has 2 amide bonds. The topological polar surface area (TPSA) is 84.5 Å². The van der Waals surface area contributed by atoms with Crippen LogP contribution >= 0.6 is 0 Å². The Bertz CT molecular complexity index is 714. The number of benzene rings is 1. The number of rotatable bonds is 4. The van der Waals surface area contributed by atoms with Crippen molar-refractivity contribution < 1.29 is 19.1 Å². The van der Waals surface area contributed by atoms with E-state index in [0.29, 0.717) is 24.2 Å². The van der Waals surface area contributed by atoms with E-state index in [0.717, 1.165) is 11.1 Å². The van der Waals surface area contributed by atoms with Crippen LogP contribution in [0.4, 0.5) is 10.5 Å². The van der Waals surface area contributed by atoms with E-state index >= 15 is 0 Å². The van der Waals surface area contributed by atoms with E-state index in [9.17, 15) is 14.4 Å². The number of amides is 2. The molecule has 1 aliphatic heterocycles. The number of carbonyl (C=O) groups excluding carboxylic acids is 3. The van der Waals surface area contributed by atoms with Crippen LogP contribution in [0.2, 0.25) is 0 Å². The lowest BCUT2D eigenvalue weighted by molar-refractivity contribution is -0.112. The lowest BCUT2D eigenvalue weighted by Crippen LogP contribution is -2.32. The van der Waals surface area contributed by atoms with Gasteiger partial charge in [-0.25, -0.2) is 4.79 Å².